The highest BCUT2D eigenvalue weighted by Gasteiger charge is 2.27. The molecule has 1 fully saturated rings. The van der Waals surface area contributed by atoms with E-state index in [0.29, 0.717) is 23.8 Å². The van der Waals surface area contributed by atoms with Gasteiger partial charge in [-0.05, 0) is 45.4 Å². The standard InChI is InChI=1S/C14H29N3/c1-10(2)11-8-6-7-9-12(11)16-13(15)17-14(3,4)5/h10-12H,6-9H2,1-5H3,(H3,15,16,17). The van der Waals surface area contributed by atoms with E-state index >= 15 is 0 Å². The molecule has 0 bridgehead atoms. The highest BCUT2D eigenvalue weighted by Crippen LogP contribution is 2.32. The summed E-state index contributed by atoms with van der Waals surface area (Å²) in [6.07, 6.45) is 5.13. The van der Waals surface area contributed by atoms with E-state index in [1.807, 2.05) is 0 Å². The van der Waals surface area contributed by atoms with Gasteiger partial charge in [-0.3, -0.25) is 0 Å². The Bertz CT molecular complexity index is 263. The normalized spacial score (nSPS) is 27.3. The Morgan fingerprint density at radius 3 is 2.35 bits per heavy atom. The van der Waals surface area contributed by atoms with Gasteiger partial charge in [-0.1, -0.05) is 26.7 Å². The van der Waals surface area contributed by atoms with Crippen molar-refractivity contribution in [1.82, 2.24) is 5.32 Å². The second-order valence-electron chi connectivity index (χ2n) is 6.65. The largest absolute Gasteiger partial charge is 0.370 e. The molecule has 0 aromatic rings. The topological polar surface area (TPSA) is 50.4 Å². The van der Waals surface area contributed by atoms with Crippen molar-refractivity contribution >= 4 is 5.96 Å². The summed E-state index contributed by atoms with van der Waals surface area (Å²) in [5, 5.41) is 3.25. The minimum Gasteiger partial charge on any atom is -0.370 e. The van der Waals surface area contributed by atoms with Gasteiger partial charge in [-0.2, -0.15) is 0 Å². The molecule has 0 aliphatic heterocycles. The van der Waals surface area contributed by atoms with Gasteiger partial charge in [-0.15, -0.1) is 0 Å². The highest BCUT2D eigenvalue weighted by molar-refractivity contribution is 5.78. The van der Waals surface area contributed by atoms with Crippen LogP contribution in [0.5, 0.6) is 0 Å². The monoisotopic (exact) mass is 239 g/mol. The van der Waals surface area contributed by atoms with Crippen LogP contribution in [0, 0.1) is 11.8 Å². The molecule has 3 nitrogen and oxygen atoms in total. The van der Waals surface area contributed by atoms with Gasteiger partial charge in [0.2, 0.25) is 0 Å². The maximum atomic E-state index is 5.99. The molecule has 100 valence electrons. The Hall–Kier alpha value is -0.730. The fourth-order valence-corrected chi connectivity index (χ4v) is 2.67. The molecule has 0 saturated heterocycles. The SMILES string of the molecule is CC(C)C1CCCCC1N=C(N)NC(C)(C)C. The van der Waals surface area contributed by atoms with Gasteiger partial charge in [0.05, 0.1) is 6.04 Å². The number of nitrogens with two attached hydrogens (primary N) is 1. The van der Waals surface area contributed by atoms with Gasteiger partial charge < -0.3 is 11.1 Å². The van der Waals surface area contributed by atoms with E-state index in [2.05, 4.69) is 39.9 Å². The summed E-state index contributed by atoms with van der Waals surface area (Å²) in [4.78, 5) is 4.71. The van der Waals surface area contributed by atoms with Crippen LogP contribution in [0.1, 0.15) is 60.3 Å². The molecule has 0 amide bonds. The average molecular weight is 239 g/mol. The second kappa shape index (κ2) is 5.74. The molecule has 0 aromatic heterocycles. The summed E-state index contributed by atoms with van der Waals surface area (Å²) in [7, 11) is 0. The molecule has 2 unspecified atom stereocenters. The number of rotatable bonds is 2. The molecule has 2 atom stereocenters. The van der Waals surface area contributed by atoms with Gasteiger partial charge in [0.1, 0.15) is 0 Å². The number of aliphatic imine (C=N–C) groups is 1. The zero-order valence-electron chi connectivity index (χ0n) is 12.1. The van der Waals surface area contributed by atoms with Crippen LogP contribution in [0.3, 0.4) is 0 Å². The van der Waals surface area contributed by atoms with Crippen LogP contribution in [0.4, 0.5) is 0 Å². The van der Waals surface area contributed by atoms with Crippen molar-refractivity contribution in [3.8, 4) is 0 Å². The van der Waals surface area contributed by atoms with Gasteiger partial charge in [0.15, 0.2) is 5.96 Å². The lowest BCUT2D eigenvalue weighted by atomic mass is 9.78. The van der Waals surface area contributed by atoms with E-state index < -0.39 is 0 Å². The van der Waals surface area contributed by atoms with E-state index in [-0.39, 0.29) is 5.54 Å². The van der Waals surface area contributed by atoms with Gasteiger partial charge in [0, 0.05) is 5.54 Å². The molecule has 1 aliphatic carbocycles. The second-order valence-corrected chi connectivity index (χ2v) is 6.65. The Morgan fingerprint density at radius 2 is 1.82 bits per heavy atom. The quantitative estimate of drug-likeness (QED) is 0.575. The third-order valence-electron chi connectivity index (χ3n) is 3.45. The first kappa shape index (κ1) is 14.3. The number of nitrogens with zero attached hydrogens (tertiary/aromatic N) is 1. The molecule has 1 saturated carbocycles. The van der Waals surface area contributed by atoms with E-state index in [4.69, 9.17) is 10.7 Å². The minimum absolute atomic E-state index is 0.00439. The maximum Gasteiger partial charge on any atom is 0.189 e. The van der Waals surface area contributed by atoms with Crippen LogP contribution in [0.2, 0.25) is 0 Å². The average Bonchev–Trinajstić information content (AvgIpc) is 2.14. The lowest BCUT2D eigenvalue weighted by molar-refractivity contribution is 0.241. The number of hydrogen-bond donors (Lipinski definition) is 2. The van der Waals surface area contributed by atoms with Gasteiger partial charge >= 0.3 is 0 Å². The van der Waals surface area contributed by atoms with Crippen molar-refractivity contribution in [3.05, 3.63) is 0 Å². The molecule has 0 aromatic carbocycles. The highest BCUT2D eigenvalue weighted by atomic mass is 15.1. The molecular weight excluding hydrogens is 210 g/mol. The fraction of sp³-hybridized carbons (Fsp3) is 0.929. The van der Waals surface area contributed by atoms with E-state index in [9.17, 15) is 0 Å². The molecule has 17 heavy (non-hydrogen) atoms. The van der Waals surface area contributed by atoms with Crippen molar-refractivity contribution in [3.63, 3.8) is 0 Å². The summed E-state index contributed by atoms with van der Waals surface area (Å²) in [5.41, 5.74) is 5.99. The van der Waals surface area contributed by atoms with Gasteiger partial charge in [0.25, 0.3) is 0 Å². The molecule has 0 spiro atoms. The van der Waals surface area contributed by atoms with Crippen molar-refractivity contribution < 1.29 is 0 Å². The van der Waals surface area contributed by atoms with Crippen molar-refractivity contribution in [2.45, 2.75) is 71.9 Å². The van der Waals surface area contributed by atoms with Crippen molar-refractivity contribution in [1.29, 1.82) is 0 Å². The first-order valence-electron chi connectivity index (χ1n) is 6.91. The minimum atomic E-state index is -0.00439. The summed E-state index contributed by atoms with van der Waals surface area (Å²) in [5.74, 6) is 2.01. The van der Waals surface area contributed by atoms with Crippen LogP contribution >= 0.6 is 0 Å². The van der Waals surface area contributed by atoms with E-state index in [1.165, 1.54) is 25.7 Å². The van der Waals surface area contributed by atoms with Crippen LogP contribution in [-0.2, 0) is 0 Å². The lowest BCUT2D eigenvalue weighted by Gasteiger charge is -2.32. The van der Waals surface area contributed by atoms with Crippen molar-refractivity contribution in [2.75, 3.05) is 0 Å². The van der Waals surface area contributed by atoms with Gasteiger partial charge in [-0.25, -0.2) is 4.99 Å². The molecular formula is C14H29N3. The van der Waals surface area contributed by atoms with Crippen LogP contribution in [-0.4, -0.2) is 17.5 Å². The third-order valence-corrected chi connectivity index (χ3v) is 3.45. The van der Waals surface area contributed by atoms with Crippen LogP contribution in [0.25, 0.3) is 0 Å². The Labute approximate surface area is 106 Å². The molecule has 3 N–H and O–H groups in total. The lowest BCUT2D eigenvalue weighted by Crippen LogP contribution is -2.46. The zero-order valence-corrected chi connectivity index (χ0v) is 12.1. The molecule has 0 heterocycles. The first-order valence-corrected chi connectivity index (χ1v) is 6.91. The first-order chi connectivity index (χ1) is 7.79. The number of guanidine groups is 1. The third kappa shape index (κ3) is 4.97. The molecule has 1 rings (SSSR count). The number of hydrogen-bond acceptors (Lipinski definition) is 1. The molecule has 3 heteroatoms. The van der Waals surface area contributed by atoms with Crippen LogP contribution < -0.4 is 11.1 Å². The zero-order chi connectivity index (χ0) is 13.1. The molecule has 0 radical (unpaired) electrons. The molecule has 1 aliphatic rings. The summed E-state index contributed by atoms with van der Waals surface area (Å²) >= 11 is 0. The fourth-order valence-electron chi connectivity index (χ4n) is 2.67. The summed E-state index contributed by atoms with van der Waals surface area (Å²) in [6, 6.07) is 0.415. The van der Waals surface area contributed by atoms with E-state index in [1.54, 1.807) is 0 Å². The Morgan fingerprint density at radius 1 is 1.24 bits per heavy atom. The van der Waals surface area contributed by atoms with E-state index in [0.717, 1.165) is 0 Å². The Kier molecular flexibility index (Phi) is 4.84. The predicted octanol–water partition coefficient (Wildman–Crippen LogP) is 2.90. The van der Waals surface area contributed by atoms with Crippen LogP contribution in [0.15, 0.2) is 4.99 Å². The summed E-state index contributed by atoms with van der Waals surface area (Å²) in [6.45, 7) is 10.9. The summed E-state index contributed by atoms with van der Waals surface area (Å²) < 4.78 is 0. The van der Waals surface area contributed by atoms with Crippen molar-refractivity contribution in [2.24, 2.45) is 22.6 Å². The maximum absolute atomic E-state index is 5.99. The number of nitrogens with one attached hydrogen (secondary N) is 1. The smallest absolute Gasteiger partial charge is 0.189 e. The Balaban J connectivity index is 2.66. The predicted molar refractivity (Wildman–Crippen MR) is 75.1 cm³/mol.